The van der Waals surface area contributed by atoms with Crippen LogP contribution in [0, 0.1) is 11.8 Å². The van der Waals surface area contributed by atoms with E-state index in [4.69, 9.17) is 15.2 Å². The minimum absolute atomic E-state index is 0.0937. The van der Waals surface area contributed by atoms with E-state index < -0.39 is 11.5 Å². The van der Waals surface area contributed by atoms with Gasteiger partial charge >= 0.3 is 0 Å². The highest BCUT2D eigenvalue weighted by atomic mass is 16.5. The van der Waals surface area contributed by atoms with Crippen molar-refractivity contribution in [3.8, 4) is 11.5 Å². The summed E-state index contributed by atoms with van der Waals surface area (Å²) in [6.07, 6.45) is 0.959. The average molecular weight is 377 g/mol. The molecule has 1 aliphatic rings. The molecule has 3 N–H and O–H groups in total. The molecule has 2 atom stereocenters. The Hall–Kier alpha value is -2.28. The second-order valence-electron chi connectivity index (χ2n) is 7.83. The topological polar surface area (TPSA) is 93.9 Å². The summed E-state index contributed by atoms with van der Waals surface area (Å²) in [7, 11) is 3.12. The van der Waals surface area contributed by atoms with E-state index in [-0.39, 0.29) is 18.2 Å². The van der Waals surface area contributed by atoms with Gasteiger partial charge in [0.1, 0.15) is 11.5 Å². The third-order valence-electron chi connectivity index (χ3n) is 4.88. The molecule has 1 fully saturated rings. The fourth-order valence-electron chi connectivity index (χ4n) is 3.57. The lowest BCUT2D eigenvalue weighted by Crippen LogP contribution is -2.54. The predicted octanol–water partition coefficient (Wildman–Crippen LogP) is 1.94. The standard InChI is InChI=1S/C20H31N3O4/c1-13(2)10-20(3,12-21)22-19(25)14-6-18(24)23(11-14)15-7-16(26-4)9-17(8-15)27-5/h7-9,13-14H,6,10-12,21H2,1-5H3,(H,22,25). The molecule has 0 aliphatic carbocycles. The smallest absolute Gasteiger partial charge is 0.227 e. The summed E-state index contributed by atoms with van der Waals surface area (Å²) in [6, 6.07) is 5.28. The van der Waals surface area contributed by atoms with E-state index in [1.807, 2.05) is 6.92 Å². The molecule has 0 saturated carbocycles. The van der Waals surface area contributed by atoms with Crippen LogP contribution < -0.4 is 25.4 Å². The van der Waals surface area contributed by atoms with E-state index in [9.17, 15) is 9.59 Å². The maximum absolute atomic E-state index is 12.8. The molecule has 0 aromatic heterocycles. The first-order valence-electron chi connectivity index (χ1n) is 9.27. The summed E-state index contributed by atoms with van der Waals surface area (Å²) < 4.78 is 10.5. The highest BCUT2D eigenvalue weighted by Crippen LogP contribution is 2.32. The maximum Gasteiger partial charge on any atom is 0.227 e. The van der Waals surface area contributed by atoms with Crippen LogP contribution in [0.2, 0.25) is 0 Å². The molecule has 1 aromatic rings. The number of methoxy groups -OCH3 is 2. The van der Waals surface area contributed by atoms with Crippen LogP contribution in [0.3, 0.4) is 0 Å². The number of nitrogens with two attached hydrogens (primary N) is 1. The van der Waals surface area contributed by atoms with E-state index in [2.05, 4.69) is 19.2 Å². The van der Waals surface area contributed by atoms with Crippen molar-refractivity contribution in [1.29, 1.82) is 0 Å². The zero-order valence-electron chi connectivity index (χ0n) is 16.9. The highest BCUT2D eigenvalue weighted by Gasteiger charge is 2.38. The third kappa shape index (κ3) is 5.13. The Kier molecular flexibility index (Phi) is 6.70. The second kappa shape index (κ2) is 8.61. The van der Waals surface area contributed by atoms with E-state index in [1.54, 1.807) is 37.3 Å². The minimum Gasteiger partial charge on any atom is -0.497 e. The molecule has 0 spiro atoms. The van der Waals surface area contributed by atoms with Crippen molar-refractivity contribution in [3.05, 3.63) is 18.2 Å². The Balaban J connectivity index is 2.14. The fraction of sp³-hybridized carbons (Fsp3) is 0.600. The van der Waals surface area contributed by atoms with Gasteiger partial charge in [-0.25, -0.2) is 0 Å². The molecule has 2 unspecified atom stereocenters. The average Bonchev–Trinajstić information content (AvgIpc) is 3.02. The van der Waals surface area contributed by atoms with Gasteiger partial charge in [0.25, 0.3) is 0 Å². The zero-order valence-corrected chi connectivity index (χ0v) is 16.9. The van der Waals surface area contributed by atoms with Gasteiger partial charge in [0.2, 0.25) is 11.8 Å². The van der Waals surface area contributed by atoms with E-state index in [0.29, 0.717) is 36.2 Å². The molecule has 1 aliphatic heterocycles. The molecule has 2 amide bonds. The summed E-state index contributed by atoms with van der Waals surface area (Å²) in [6.45, 7) is 6.82. The molecule has 1 saturated heterocycles. The summed E-state index contributed by atoms with van der Waals surface area (Å²) in [5.74, 6) is 0.964. The number of hydrogen-bond acceptors (Lipinski definition) is 5. The van der Waals surface area contributed by atoms with Gasteiger partial charge in [-0.3, -0.25) is 9.59 Å². The minimum atomic E-state index is -0.471. The van der Waals surface area contributed by atoms with Crippen molar-refractivity contribution >= 4 is 17.5 Å². The lowest BCUT2D eigenvalue weighted by atomic mass is 9.90. The number of nitrogens with zero attached hydrogens (tertiary/aromatic N) is 1. The first-order valence-corrected chi connectivity index (χ1v) is 9.27. The Morgan fingerprint density at radius 2 is 1.89 bits per heavy atom. The number of carbonyl (C=O) groups is 2. The summed E-state index contributed by atoms with van der Waals surface area (Å²) >= 11 is 0. The molecule has 27 heavy (non-hydrogen) atoms. The molecule has 7 nitrogen and oxygen atoms in total. The van der Waals surface area contributed by atoms with Gasteiger partial charge in [-0.2, -0.15) is 0 Å². The lowest BCUT2D eigenvalue weighted by molar-refractivity contribution is -0.128. The van der Waals surface area contributed by atoms with Gasteiger partial charge in [-0.1, -0.05) is 13.8 Å². The lowest BCUT2D eigenvalue weighted by Gasteiger charge is -2.32. The summed E-state index contributed by atoms with van der Waals surface area (Å²) in [5, 5.41) is 3.06. The first kappa shape index (κ1) is 21.0. The Morgan fingerprint density at radius 1 is 1.30 bits per heavy atom. The first-order chi connectivity index (χ1) is 12.7. The van der Waals surface area contributed by atoms with Crippen molar-refractivity contribution < 1.29 is 19.1 Å². The van der Waals surface area contributed by atoms with E-state index in [0.717, 1.165) is 6.42 Å². The predicted molar refractivity (Wildman–Crippen MR) is 105 cm³/mol. The van der Waals surface area contributed by atoms with E-state index in [1.165, 1.54) is 0 Å². The molecule has 1 heterocycles. The Labute approximate surface area is 161 Å². The largest absolute Gasteiger partial charge is 0.497 e. The SMILES string of the molecule is COc1cc(OC)cc(N2CC(C(=O)NC(C)(CN)CC(C)C)CC2=O)c1. The van der Waals surface area contributed by atoms with Gasteiger partial charge in [0.05, 0.1) is 25.8 Å². The summed E-state index contributed by atoms with van der Waals surface area (Å²) in [4.78, 5) is 26.9. The van der Waals surface area contributed by atoms with Crippen LogP contribution in [0.15, 0.2) is 18.2 Å². The van der Waals surface area contributed by atoms with Crippen LogP contribution in [0.5, 0.6) is 11.5 Å². The van der Waals surface area contributed by atoms with Crippen LogP contribution in [0.1, 0.15) is 33.6 Å². The van der Waals surface area contributed by atoms with E-state index >= 15 is 0 Å². The summed E-state index contributed by atoms with van der Waals surface area (Å²) in [5.41, 5.74) is 6.08. The van der Waals surface area contributed by atoms with Crippen molar-refractivity contribution in [2.24, 2.45) is 17.6 Å². The number of hydrogen-bond donors (Lipinski definition) is 2. The van der Waals surface area contributed by atoms with Crippen LogP contribution >= 0.6 is 0 Å². The van der Waals surface area contributed by atoms with Crippen LogP contribution in [0.25, 0.3) is 0 Å². The van der Waals surface area contributed by atoms with Crippen LogP contribution in [0.4, 0.5) is 5.69 Å². The number of nitrogens with one attached hydrogen (secondary N) is 1. The number of benzene rings is 1. The van der Waals surface area contributed by atoms with Crippen LogP contribution in [-0.4, -0.2) is 44.7 Å². The highest BCUT2D eigenvalue weighted by molar-refractivity contribution is 6.00. The Morgan fingerprint density at radius 3 is 2.37 bits per heavy atom. The number of amides is 2. The van der Waals surface area contributed by atoms with Crippen molar-refractivity contribution in [2.45, 2.75) is 39.2 Å². The number of carbonyl (C=O) groups excluding carboxylic acids is 2. The fourth-order valence-corrected chi connectivity index (χ4v) is 3.57. The molecule has 150 valence electrons. The molecule has 0 radical (unpaired) electrons. The molecule has 1 aromatic carbocycles. The number of anilines is 1. The molecular weight excluding hydrogens is 346 g/mol. The normalized spacial score (nSPS) is 19.1. The third-order valence-corrected chi connectivity index (χ3v) is 4.88. The van der Waals surface area contributed by atoms with Crippen molar-refractivity contribution in [3.63, 3.8) is 0 Å². The number of rotatable bonds is 8. The maximum atomic E-state index is 12.8. The van der Waals surface area contributed by atoms with Crippen LogP contribution in [-0.2, 0) is 9.59 Å². The molecular formula is C20H31N3O4. The Bertz CT molecular complexity index is 670. The second-order valence-corrected chi connectivity index (χ2v) is 7.83. The zero-order chi connectivity index (χ0) is 20.2. The number of ether oxygens (including phenoxy) is 2. The van der Waals surface area contributed by atoms with Gasteiger partial charge in [0.15, 0.2) is 0 Å². The molecule has 0 bridgehead atoms. The monoisotopic (exact) mass is 377 g/mol. The molecule has 7 heteroatoms. The van der Waals surface area contributed by atoms with Gasteiger partial charge < -0.3 is 25.4 Å². The van der Waals surface area contributed by atoms with Crippen molar-refractivity contribution in [2.75, 3.05) is 32.2 Å². The molecule has 2 rings (SSSR count). The quantitative estimate of drug-likeness (QED) is 0.722. The van der Waals surface area contributed by atoms with Gasteiger partial charge in [-0.15, -0.1) is 0 Å². The van der Waals surface area contributed by atoms with Gasteiger partial charge in [0, 0.05) is 43.2 Å². The van der Waals surface area contributed by atoms with Crippen molar-refractivity contribution in [1.82, 2.24) is 5.32 Å². The van der Waals surface area contributed by atoms with Gasteiger partial charge in [-0.05, 0) is 19.3 Å².